The minimum atomic E-state index is -1.26. The number of nitrogens with one attached hydrogen (secondary N) is 2. The Hall–Kier alpha value is -4.07. The van der Waals surface area contributed by atoms with E-state index in [4.69, 9.17) is 9.47 Å². The van der Waals surface area contributed by atoms with Crippen LogP contribution in [-0.4, -0.2) is 42.5 Å². The van der Waals surface area contributed by atoms with Crippen molar-refractivity contribution in [3.8, 4) is 11.5 Å². The molecule has 3 aromatic rings. The molecule has 0 radical (unpaired) electrons. The highest BCUT2D eigenvalue weighted by Gasteiger charge is 2.49. The van der Waals surface area contributed by atoms with Crippen LogP contribution < -0.4 is 20.1 Å². The van der Waals surface area contributed by atoms with Gasteiger partial charge in [0.15, 0.2) is 11.5 Å². The number of fused-ring (bicyclic) bond motifs is 1. The van der Waals surface area contributed by atoms with E-state index in [1.807, 2.05) is 56.3 Å². The molecule has 0 saturated carbocycles. The van der Waals surface area contributed by atoms with Crippen LogP contribution in [0.25, 0.3) is 10.8 Å². The number of hydrogen-bond acceptors (Lipinski definition) is 5. The number of carbonyl (C=O) groups excluding carboxylic acids is 3. The van der Waals surface area contributed by atoms with Gasteiger partial charge in [-0.2, -0.15) is 0 Å². The molecule has 3 aromatic carbocycles. The predicted molar refractivity (Wildman–Crippen MR) is 138 cm³/mol. The van der Waals surface area contributed by atoms with Crippen LogP contribution in [0.4, 0.5) is 10.5 Å². The van der Waals surface area contributed by atoms with Gasteiger partial charge in [-0.1, -0.05) is 50.2 Å². The lowest BCUT2D eigenvalue weighted by molar-refractivity contribution is -0.133. The van der Waals surface area contributed by atoms with Crippen molar-refractivity contribution in [1.82, 2.24) is 10.2 Å². The number of urea groups is 1. The molecule has 0 bridgehead atoms. The summed E-state index contributed by atoms with van der Waals surface area (Å²) in [5.74, 6) is 0.156. The van der Waals surface area contributed by atoms with Crippen molar-refractivity contribution in [2.45, 2.75) is 39.2 Å². The van der Waals surface area contributed by atoms with Gasteiger partial charge in [0.05, 0.1) is 13.2 Å². The molecule has 1 aliphatic heterocycles. The van der Waals surface area contributed by atoms with Gasteiger partial charge in [-0.15, -0.1) is 0 Å². The molecular weight excluding hydrogens is 458 g/mol. The summed E-state index contributed by atoms with van der Waals surface area (Å²) in [6.45, 7) is 6.32. The van der Waals surface area contributed by atoms with Gasteiger partial charge in [-0.3, -0.25) is 14.5 Å². The maximum Gasteiger partial charge on any atom is 0.325 e. The molecule has 0 spiro atoms. The molecule has 2 N–H and O–H groups in total. The molecule has 0 aliphatic carbocycles. The van der Waals surface area contributed by atoms with Crippen molar-refractivity contribution < 1.29 is 23.9 Å². The smallest absolute Gasteiger partial charge is 0.325 e. The lowest BCUT2D eigenvalue weighted by Crippen LogP contribution is -2.42. The SMILES string of the molecule is CCCOc1ccc(NC(=O)CN2C(=O)NC(C)(c3ccc4ccccc4c3)C2=O)cc1OCCC. The van der Waals surface area contributed by atoms with Gasteiger partial charge < -0.3 is 20.1 Å². The van der Waals surface area contributed by atoms with Crippen LogP contribution in [0.15, 0.2) is 60.7 Å². The van der Waals surface area contributed by atoms with Gasteiger partial charge in [0.2, 0.25) is 5.91 Å². The Labute approximate surface area is 210 Å². The Kier molecular flexibility index (Phi) is 7.43. The molecule has 4 rings (SSSR count). The highest BCUT2D eigenvalue weighted by atomic mass is 16.5. The van der Waals surface area contributed by atoms with E-state index < -0.39 is 29.9 Å². The number of rotatable bonds is 10. The summed E-state index contributed by atoms with van der Waals surface area (Å²) in [5.41, 5.74) is -0.122. The molecule has 1 fully saturated rings. The Morgan fingerprint density at radius 3 is 2.33 bits per heavy atom. The molecule has 1 aliphatic rings. The first-order valence-electron chi connectivity index (χ1n) is 12.2. The number of carbonyl (C=O) groups is 3. The summed E-state index contributed by atoms with van der Waals surface area (Å²) in [7, 11) is 0. The third kappa shape index (κ3) is 5.12. The lowest BCUT2D eigenvalue weighted by Gasteiger charge is -2.22. The normalized spacial score (nSPS) is 17.2. The van der Waals surface area contributed by atoms with Crippen LogP contribution in [0, 0.1) is 0 Å². The fourth-order valence-corrected chi connectivity index (χ4v) is 4.12. The number of amides is 4. The van der Waals surface area contributed by atoms with E-state index in [0.29, 0.717) is 36.0 Å². The summed E-state index contributed by atoms with van der Waals surface area (Å²) in [6.07, 6.45) is 1.68. The van der Waals surface area contributed by atoms with E-state index in [1.54, 1.807) is 25.1 Å². The van der Waals surface area contributed by atoms with E-state index in [1.165, 1.54) is 0 Å². The van der Waals surface area contributed by atoms with Crippen molar-refractivity contribution in [2.75, 3.05) is 25.1 Å². The van der Waals surface area contributed by atoms with E-state index in [2.05, 4.69) is 10.6 Å². The van der Waals surface area contributed by atoms with Gasteiger partial charge in [0, 0.05) is 11.8 Å². The van der Waals surface area contributed by atoms with Gasteiger partial charge in [-0.05, 0) is 54.3 Å². The largest absolute Gasteiger partial charge is 0.490 e. The molecular formula is C28H31N3O5. The number of ether oxygens (including phenoxy) is 2. The van der Waals surface area contributed by atoms with Crippen molar-refractivity contribution in [2.24, 2.45) is 0 Å². The molecule has 1 saturated heterocycles. The number of hydrogen-bond donors (Lipinski definition) is 2. The van der Waals surface area contributed by atoms with Crippen molar-refractivity contribution in [1.29, 1.82) is 0 Å². The van der Waals surface area contributed by atoms with Crippen LogP contribution in [0.2, 0.25) is 0 Å². The fourth-order valence-electron chi connectivity index (χ4n) is 4.12. The zero-order valence-corrected chi connectivity index (χ0v) is 20.8. The van der Waals surface area contributed by atoms with Gasteiger partial charge in [0.25, 0.3) is 5.91 Å². The average molecular weight is 490 g/mol. The molecule has 1 atom stereocenters. The number of nitrogens with zero attached hydrogens (tertiary/aromatic N) is 1. The minimum absolute atomic E-state index is 0.410. The second-order valence-corrected chi connectivity index (χ2v) is 8.91. The van der Waals surface area contributed by atoms with Crippen LogP contribution in [-0.2, 0) is 15.1 Å². The molecule has 8 heteroatoms. The first-order valence-corrected chi connectivity index (χ1v) is 12.2. The summed E-state index contributed by atoms with van der Waals surface area (Å²) < 4.78 is 11.5. The standard InChI is InChI=1S/C28H31N3O5/c1-4-14-35-23-13-12-22(17-24(23)36-15-5-2)29-25(32)18-31-26(33)28(3,30-27(31)34)21-11-10-19-8-6-7-9-20(19)16-21/h6-13,16-17H,4-5,14-15,18H2,1-3H3,(H,29,32)(H,30,34). The predicted octanol–water partition coefficient (Wildman–Crippen LogP) is 4.82. The Balaban J connectivity index is 1.47. The number of imide groups is 1. The van der Waals surface area contributed by atoms with Crippen molar-refractivity contribution >= 4 is 34.3 Å². The van der Waals surface area contributed by atoms with E-state index in [-0.39, 0.29) is 0 Å². The summed E-state index contributed by atoms with van der Waals surface area (Å²) >= 11 is 0. The summed E-state index contributed by atoms with van der Waals surface area (Å²) in [5, 5.41) is 7.51. The second-order valence-electron chi connectivity index (χ2n) is 8.91. The fraction of sp³-hybridized carbons (Fsp3) is 0.321. The molecule has 4 amide bonds. The van der Waals surface area contributed by atoms with Crippen molar-refractivity contribution in [3.05, 3.63) is 66.2 Å². The Bertz CT molecular complexity index is 1290. The Morgan fingerprint density at radius 2 is 1.61 bits per heavy atom. The third-order valence-corrected chi connectivity index (χ3v) is 6.05. The zero-order valence-electron chi connectivity index (χ0n) is 20.8. The van der Waals surface area contributed by atoms with Crippen LogP contribution in [0.3, 0.4) is 0 Å². The van der Waals surface area contributed by atoms with Gasteiger partial charge >= 0.3 is 6.03 Å². The lowest BCUT2D eigenvalue weighted by atomic mass is 9.90. The first kappa shape index (κ1) is 25.0. The molecule has 188 valence electrons. The topological polar surface area (TPSA) is 97.0 Å². The quantitative estimate of drug-likeness (QED) is 0.398. The van der Waals surface area contributed by atoms with Gasteiger partial charge in [-0.25, -0.2) is 4.79 Å². The van der Waals surface area contributed by atoms with E-state index in [9.17, 15) is 14.4 Å². The highest BCUT2D eigenvalue weighted by Crippen LogP contribution is 2.32. The van der Waals surface area contributed by atoms with E-state index in [0.717, 1.165) is 28.5 Å². The van der Waals surface area contributed by atoms with Crippen LogP contribution in [0.5, 0.6) is 11.5 Å². The molecule has 1 unspecified atom stereocenters. The van der Waals surface area contributed by atoms with Crippen LogP contribution in [0.1, 0.15) is 39.2 Å². The maximum absolute atomic E-state index is 13.3. The third-order valence-electron chi connectivity index (χ3n) is 6.05. The van der Waals surface area contributed by atoms with Gasteiger partial charge in [0.1, 0.15) is 12.1 Å². The maximum atomic E-state index is 13.3. The second kappa shape index (κ2) is 10.7. The first-order chi connectivity index (χ1) is 17.4. The zero-order chi connectivity index (χ0) is 25.7. The molecule has 0 aromatic heterocycles. The van der Waals surface area contributed by atoms with Crippen LogP contribution >= 0.6 is 0 Å². The van der Waals surface area contributed by atoms with E-state index >= 15 is 0 Å². The minimum Gasteiger partial charge on any atom is -0.490 e. The van der Waals surface area contributed by atoms with Crippen molar-refractivity contribution in [3.63, 3.8) is 0 Å². The summed E-state index contributed by atoms with van der Waals surface area (Å²) in [6, 6.07) is 17.9. The Morgan fingerprint density at radius 1 is 0.917 bits per heavy atom. The monoisotopic (exact) mass is 489 g/mol. The molecule has 1 heterocycles. The average Bonchev–Trinajstić information content (AvgIpc) is 3.10. The number of anilines is 1. The molecule has 36 heavy (non-hydrogen) atoms. The molecule has 8 nitrogen and oxygen atoms in total. The number of benzene rings is 3. The highest BCUT2D eigenvalue weighted by molar-refractivity contribution is 6.10. The summed E-state index contributed by atoms with van der Waals surface area (Å²) in [4.78, 5) is 39.8.